The minimum Gasteiger partial charge on any atom is -0.389 e. The summed E-state index contributed by atoms with van der Waals surface area (Å²) >= 11 is 0. The van der Waals surface area contributed by atoms with E-state index in [1.54, 1.807) is 6.20 Å². The zero-order chi connectivity index (χ0) is 9.54. The first kappa shape index (κ1) is 7.82. The SMILES string of the molecule is OC1CN(c2cccn3ccnc23)C1. The summed E-state index contributed by atoms with van der Waals surface area (Å²) in [5.74, 6) is 0. The third-order valence-corrected chi connectivity index (χ3v) is 2.60. The summed E-state index contributed by atoms with van der Waals surface area (Å²) in [4.78, 5) is 6.42. The predicted molar refractivity (Wildman–Crippen MR) is 53.4 cm³/mol. The second-order valence-corrected chi connectivity index (χ2v) is 3.61. The van der Waals surface area contributed by atoms with E-state index < -0.39 is 0 Å². The number of hydrogen-bond donors (Lipinski definition) is 1. The smallest absolute Gasteiger partial charge is 0.160 e. The maximum Gasteiger partial charge on any atom is 0.160 e. The van der Waals surface area contributed by atoms with Gasteiger partial charge in [-0.05, 0) is 12.1 Å². The standard InChI is InChI=1S/C10H11N3O/c14-8-6-13(7-8)9-2-1-4-12-5-3-11-10(9)12/h1-5,8,14H,6-7H2. The molecule has 4 nitrogen and oxygen atoms in total. The Hall–Kier alpha value is -1.55. The van der Waals surface area contributed by atoms with Gasteiger partial charge in [-0.3, -0.25) is 0 Å². The second kappa shape index (κ2) is 2.72. The molecule has 0 atom stereocenters. The van der Waals surface area contributed by atoms with Crippen molar-refractivity contribution in [1.29, 1.82) is 0 Å². The molecule has 1 aliphatic rings. The van der Waals surface area contributed by atoms with Crippen molar-refractivity contribution in [3.63, 3.8) is 0 Å². The van der Waals surface area contributed by atoms with E-state index in [2.05, 4.69) is 9.88 Å². The van der Waals surface area contributed by atoms with E-state index in [4.69, 9.17) is 0 Å². The van der Waals surface area contributed by atoms with Gasteiger partial charge in [0.15, 0.2) is 5.65 Å². The van der Waals surface area contributed by atoms with Crippen LogP contribution >= 0.6 is 0 Å². The Labute approximate surface area is 81.4 Å². The van der Waals surface area contributed by atoms with Gasteiger partial charge in [-0.2, -0.15) is 0 Å². The highest BCUT2D eigenvalue weighted by Crippen LogP contribution is 2.24. The number of rotatable bonds is 1. The molecule has 2 aromatic heterocycles. The van der Waals surface area contributed by atoms with Gasteiger partial charge in [0.05, 0.1) is 11.8 Å². The molecular weight excluding hydrogens is 178 g/mol. The van der Waals surface area contributed by atoms with Crippen LogP contribution in [0.4, 0.5) is 5.69 Å². The molecular formula is C10H11N3O. The fraction of sp³-hybridized carbons (Fsp3) is 0.300. The molecule has 0 spiro atoms. The molecule has 2 aromatic rings. The maximum atomic E-state index is 9.23. The third kappa shape index (κ3) is 1.01. The lowest BCUT2D eigenvalue weighted by Gasteiger charge is -2.37. The Morgan fingerprint density at radius 1 is 1.36 bits per heavy atom. The number of hydrogen-bond acceptors (Lipinski definition) is 3. The Balaban J connectivity index is 2.07. The number of imidazole rings is 1. The molecule has 1 aliphatic heterocycles. The number of nitrogens with zero attached hydrogens (tertiary/aromatic N) is 3. The Morgan fingerprint density at radius 2 is 2.21 bits per heavy atom. The molecule has 0 aliphatic carbocycles. The van der Waals surface area contributed by atoms with E-state index >= 15 is 0 Å². The van der Waals surface area contributed by atoms with E-state index in [0.717, 1.165) is 11.3 Å². The van der Waals surface area contributed by atoms with E-state index in [-0.39, 0.29) is 6.10 Å². The molecule has 3 rings (SSSR count). The maximum absolute atomic E-state index is 9.23. The molecule has 14 heavy (non-hydrogen) atoms. The summed E-state index contributed by atoms with van der Waals surface area (Å²) in [5, 5.41) is 9.23. The zero-order valence-corrected chi connectivity index (χ0v) is 7.67. The van der Waals surface area contributed by atoms with E-state index in [9.17, 15) is 5.11 Å². The van der Waals surface area contributed by atoms with Crippen molar-refractivity contribution in [3.8, 4) is 0 Å². The van der Waals surface area contributed by atoms with Gasteiger partial charge in [0.1, 0.15) is 0 Å². The number of aromatic nitrogens is 2. The first-order valence-corrected chi connectivity index (χ1v) is 4.69. The van der Waals surface area contributed by atoms with Crippen LogP contribution in [0, 0.1) is 0 Å². The van der Waals surface area contributed by atoms with Crippen molar-refractivity contribution in [2.75, 3.05) is 18.0 Å². The minimum atomic E-state index is -0.176. The van der Waals surface area contributed by atoms with Crippen LogP contribution in [0.1, 0.15) is 0 Å². The molecule has 1 N–H and O–H groups in total. The molecule has 0 unspecified atom stereocenters. The fourth-order valence-corrected chi connectivity index (χ4v) is 1.83. The van der Waals surface area contributed by atoms with Crippen molar-refractivity contribution in [3.05, 3.63) is 30.7 Å². The van der Waals surface area contributed by atoms with Gasteiger partial charge in [-0.15, -0.1) is 0 Å². The van der Waals surface area contributed by atoms with Crippen molar-refractivity contribution in [2.45, 2.75) is 6.10 Å². The largest absolute Gasteiger partial charge is 0.389 e. The third-order valence-electron chi connectivity index (χ3n) is 2.60. The van der Waals surface area contributed by atoms with Gasteiger partial charge in [-0.25, -0.2) is 4.98 Å². The summed E-state index contributed by atoms with van der Waals surface area (Å²) in [6.45, 7) is 1.43. The Bertz CT molecular complexity index is 459. The van der Waals surface area contributed by atoms with E-state index in [0.29, 0.717) is 13.1 Å². The number of fused-ring (bicyclic) bond motifs is 1. The monoisotopic (exact) mass is 189 g/mol. The van der Waals surface area contributed by atoms with Crippen LogP contribution < -0.4 is 4.90 Å². The summed E-state index contributed by atoms with van der Waals surface area (Å²) in [6, 6.07) is 4.03. The Morgan fingerprint density at radius 3 is 3.00 bits per heavy atom. The van der Waals surface area contributed by atoms with Crippen LogP contribution in [0.2, 0.25) is 0 Å². The van der Waals surface area contributed by atoms with E-state index in [1.165, 1.54) is 0 Å². The van der Waals surface area contributed by atoms with Gasteiger partial charge in [-0.1, -0.05) is 0 Å². The first-order valence-electron chi connectivity index (χ1n) is 4.69. The molecule has 0 aromatic carbocycles. The number of β-amino-alcohol motifs (C(OH)–C–C–N with tert-alkyl or cyclic N) is 1. The molecule has 72 valence electrons. The van der Waals surface area contributed by atoms with Crippen molar-refractivity contribution >= 4 is 11.3 Å². The first-order chi connectivity index (χ1) is 6.84. The quantitative estimate of drug-likeness (QED) is 0.710. The van der Waals surface area contributed by atoms with Gasteiger partial charge in [0.25, 0.3) is 0 Å². The molecule has 1 fully saturated rings. The zero-order valence-electron chi connectivity index (χ0n) is 7.67. The van der Waals surface area contributed by atoms with Crippen LogP contribution in [0.5, 0.6) is 0 Å². The minimum absolute atomic E-state index is 0.176. The fourth-order valence-electron chi connectivity index (χ4n) is 1.83. The van der Waals surface area contributed by atoms with Gasteiger partial charge in [0, 0.05) is 31.7 Å². The summed E-state index contributed by atoms with van der Waals surface area (Å²) in [7, 11) is 0. The van der Waals surface area contributed by atoms with Gasteiger partial charge >= 0.3 is 0 Å². The highest BCUT2D eigenvalue weighted by Gasteiger charge is 2.26. The average molecular weight is 189 g/mol. The summed E-state index contributed by atoms with van der Waals surface area (Å²) in [5.41, 5.74) is 2.06. The molecule has 0 radical (unpaired) electrons. The normalized spacial score (nSPS) is 17.4. The molecule has 0 saturated carbocycles. The van der Waals surface area contributed by atoms with Gasteiger partial charge < -0.3 is 14.4 Å². The highest BCUT2D eigenvalue weighted by molar-refractivity contribution is 5.70. The van der Waals surface area contributed by atoms with Crippen LogP contribution in [0.15, 0.2) is 30.7 Å². The highest BCUT2D eigenvalue weighted by atomic mass is 16.3. The lowest BCUT2D eigenvalue weighted by molar-refractivity contribution is 0.142. The van der Waals surface area contributed by atoms with Crippen LogP contribution in [-0.4, -0.2) is 33.7 Å². The van der Waals surface area contributed by atoms with Crippen molar-refractivity contribution in [1.82, 2.24) is 9.38 Å². The van der Waals surface area contributed by atoms with Gasteiger partial charge in [0.2, 0.25) is 0 Å². The van der Waals surface area contributed by atoms with Crippen molar-refractivity contribution in [2.24, 2.45) is 0 Å². The second-order valence-electron chi connectivity index (χ2n) is 3.61. The van der Waals surface area contributed by atoms with Crippen LogP contribution in [-0.2, 0) is 0 Å². The van der Waals surface area contributed by atoms with Crippen molar-refractivity contribution < 1.29 is 5.11 Å². The molecule has 0 amide bonds. The summed E-state index contributed by atoms with van der Waals surface area (Å²) in [6.07, 6.45) is 5.51. The molecule has 4 heteroatoms. The molecule has 3 heterocycles. The lowest BCUT2D eigenvalue weighted by Crippen LogP contribution is -2.51. The predicted octanol–water partition coefficient (Wildman–Crippen LogP) is 0.515. The summed E-state index contributed by atoms with van der Waals surface area (Å²) < 4.78 is 1.99. The molecule has 0 bridgehead atoms. The van der Waals surface area contributed by atoms with Crippen LogP contribution in [0.25, 0.3) is 5.65 Å². The Kier molecular flexibility index (Phi) is 1.52. The molecule has 1 saturated heterocycles. The lowest BCUT2D eigenvalue weighted by atomic mass is 10.1. The number of pyridine rings is 1. The topological polar surface area (TPSA) is 40.8 Å². The number of aliphatic hydroxyl groups is 1. The number of anilines is 1. The number of aliphatic hydroxyl groups excluding tert-OH is 1. The average Bonchev–Trinajstić information content (AvgIpc) is 2.60. The van der Waals surface area contributed by atoms with Crippen LogP contribution in [0.3, 0.4) is 0 Å². The van der Waals surface area contributed by atoms with E-state index in [1.807, 2.05) is 28.9 Å².